The van der Waals surface area contributed by atoms with Gasteiger partial charge in [-0.25, -0.2) is 8.42 Å². The van der Waals surface area contributed by atoms with E-state index in [1.165, 1.54) is 17.0 Å². The minimum Gasteiger partial charge on any atom is -0.497 e. The van der Waals surface area contributed by atoms with Crippen molar-refractivity contribution in [3.63, 3.8) is 0 Å². The van der Waals surface area contributed by atoms with Gasteiger partial charge >= 0.3 is 0 Å². The summed E-state index contributed by atoms with van der Waals surface area (Å²) in [6, 6.07) is 21.7. The lowest BCUT2D eigenvalue weighted by Gasteiger charge is -2.33. The molecule has 0 saturated carbocycles. The van der Waals surface area contributed by atoms with Gasteiger partial charge in [0.25, 0.3) is 10.0 Å². The molecular formula is C30H37N3O5S. The Morgan fingerprint density at radius 2 is 1.54 bits per heavy atom. The molecule has 2 amide bonds. The third-order valence-corrected chi connectivity index (χ3v) is 8.27. The van der Waals surface area contributed by atoms with E-state index in [1.54, 1.807) is 49.6 Å². The number of amides is 2. The van der Waals surface area contributed by atoms with Crippen LogP contribution in [0.4, 0.5) is 5.69 Å². The number of anilines is 1. The molecule has 3 aromatic rings. The average molecular weight is 552 g/mol. The molecule has 208 valence electrons. The average Bonchev–Trinajstić information content (AvgIpc) is 2.96. The number of para-hydroxylation sites is 1. The van der Waals surface area contributed by atoms with Gasteiger partial charge in [0, 0.05) is 13.1 Å². The van der Waals surface area contributed by atoms with Crippen LogP contribution in [0, 0.1) is 0 Å². The molecule has 1 atom stereocenters. The topological polar surface area (TPSA) is 96.0 Å². The zero-order valence-electron chi connectivity index (χ0n) is 23.0. The van der Waals surface area contributed by atoms with Crippen molar-refractivity contribution in [1.82, 2.24) is 10.2 Å². The van der Waals surface area contributed by atoms with Crippen LogP contribution in [0.5, 0.6) is 5.75 Å². The first kappa shape index (κ1) is 29.7. The van der Waals surface area contributed by atoms with Gasteiger partial charge < -0.3 is 15.0 Å². The predicted octanol–water partition coefficient (Wildman–Crippen LogP) is 4.40. The van der Waals surface area contributed by atoms with E-state index in [-0.39, 0.29) is 17.3 Å². The Balaban J connectivity index is 2.07. The van der Waals surface area contributed by atoms with Gasteiger partial charge in [-0.15, -0.1) is 0 Å². The Bertz CT molecular complexity index is 1340. The maximum Gasteiger partial charge on any atom is 0.264 e. The number of benzene rings is 3. The van der Waals surface area contributed by atoms with Crippen LogP contribution in [0.25, 0.3) is 0 Å². The second-order valence-electron chi connectivity index (χ2n) is 9.00. The summed E-state index contributed by atoms with van der Waals surface area (Å²) < 4.78 is 34.3. The minimum atomic E-state index is -4.09. The highest BCUT2D eigenvalue weighted by Crippen LogP contribution is 2.28. The summed E-state index contributed by atoms with van der Waals surface area (Å²) in [5.41, 5.74) is 2.02. The summed E-state index contributed by atoms with van der Waals surface area (Å²) in [5.74, 6) is -0.0914. The Labute approximate surface area is 231 Å². The quantitative estimate of drug-likeness (QED) is 0.340. The summed E-state index contributed by atoms with van der Waals surface area (Å²) in [5, 5.41) is 2.81. The van der Waals surface area contributed by atoms with Crippen LogP contribution >= 0.6 is 0 Å². The number of rotatable bonds is 13. The first-order chi connectivity index (χ1) is 18.8. The Morgan fingerprint density at radius 3 is 2.13 bits per heavy atom. The fraction of sp³-hybridized carbons (Fsp3) is 0.333. The third-order valence-electron chi connectivity index (χ3n) is 6.50. The number of methoxy groups -OCH3 is 1. The van der Waals surface area contributed by atoms with Gasteiger partial charge in [-0.3, -0.25) is 13.9 Å². The van der Waals surface area contributed by atoms with Gasteiger partial charge in [-0.1, -0.05) is 62.4 Å². The lowest BCUT2D eigenvalue weighted by Crippen LogP contribution is -2.52. The molecule has 0 unspecified atom stereocenters. The first-order valence-corrected chi connectivity index (χ1v) is 14.6. The Kier molecular flexibility index (Phi) is 10.5. The predicted molar refractivity (Wildman–Crippen MR) is 153 cm³/mol. The molecule has 8 nitrogen and oxygen atoms in total. The number of carbonyl (C=O) groups is 2. The molecule has 3 aromatic carbocycles. The van der Waals surface area contributed by atoms with Crippen LogP contribution in [-0.4, -0.2) is 51.4 Å². The van der Waals surface area contributed by atoms with Crippen LogP contribution in [0.1, 0.15) is 38.3 Å². The summed E-state index contributed by atoms with van der Waals surface area (Å²) in [4.78, 5) is 28.6. The lowest BCUT2D eigenvalue weighted by atomic mass is 10.1. The van der Waals surface area contributed by atoms with Gasteiger partial charge in [-0.2, -0.15) is 0 Å². The maximum atomic E-state index is 14.1. The van der Waals surface area contributed by atoms with Crippen molar-refractivity contribution in [2.75, 3.05) is 24.5 Å². The first-order valence-electron chi connectivity index (χ1n) is 13.1. The standard InChI is InChI=1S/C30H37N3O5S/c1-5-24-13-11-12-16-28(24)33(39(36,37)26-14-9-8-10-15-26)22-29(34)32(27(6-2)30(35)31-7-3)21-23-17-19-25(38-4)20-18-23/h8-20,27H,5-7,21-22H2,1-4H3,(H,31,35)/t27-/m0/s1. The molecule has 0 spiro atoms. The van der Waals surface area contributed by atoms with E-state index in [0.717, 1.165) is 15.4 Å². The number of ether oxygens (including phenoxy) is 1. The normalized spacial score (nSPS) is 11.9. The van der Waals surface area contributed by atoms with E-state index in [2.05, 4.69) is 5.32 Å². The summed E-state index contributed by atoms with van der Waals surface area (Å²) in [6.45, 7) is 5.67. The fourth-order valence-electron chi connectivity index (χ4n) is 4.43. The molecule has 0 aliphatic carbocycles. The van der Waals surface area contributed by atoms with Crippen molar-refractivity contribution in [3.05, 3.63) is 90.0 Å². The minimum absolute atomic E-state index is 0.0844. The highest BCUT2D eigenvalue weighted by atomic mass is 32.2. The van der Waals surface area contributed by atoms with Crippen LogP contribution in [0.2, 0.25) is 0 Å². The van der Waals surface area contributed by atoms with E-state index >= 15 is 0 Å². The zero-order chi connectivity index (χ0) is 28.4. The molecule has 0 aliphatic rings. The van der Waals surface area contributed by atoms with Crippen molar-refractivity contribution in [1.29, 1.82) is 0 Å². The summed E-state index contributed by atoms with van der Waals surface area (Å²) in [7, 11) is -2.52. The molecule has 0 aliphatic heterocycles. The SMILES string of the molecule is CCNC(=O)[C@H](CC)N(Cc1ccc(OC)cc1)C(=O)CN(c1ccccc1CC)S(=O)(=O)c1ccccc1. The number of carbonyl (C=O) groups excluding carboxylic acids is 2. The zero-order valence-corrected chi connectivity index (χ0v) is 23.8. The number of hydrogen-bond acceptors (Lipinski definition) is 5. The maximum absolute atomic E-state index is 14.1. The molecule has 9 heteroatoms. The second-order valence-corrected chi connectivity index (χ2v) is 10.9. The van der Waals surface area contributed by atoms with Crippen molar-refractivity contribution < 1.29 is 22.7 Å². The third kappa shape index (κ3) is 7.17. The highest BCUT2D eigenvalue weighted by Gasteiger charge is 2.34. The van der Waals surface area contributed by atoms with Crippen molar-refractivity contribution in [3.8, 4) is 5.75 Å². The summed E-state index contributed by atoms with van der Waals surface area (Å²) in [6.07, 6.45) is 0.946. The van der Waals surface area contributed by atoms with Crippen LogP contribution < -0.4 is 14.4 Å². The number of aryl methyl sites for hydroxylation is 1. The molecule has 3 rings (SSSR count). The molecule has 0 bridgehead atoms. The Morgan fingerprint density at radius 1 is 0.897 bits per heavy atom. The van der Waals surface area contributed by atoms with Gasteiger partial charge in [-0.05, 0) is 61.2 Å². The number of nitrogens with one attached hydrogen (secondary N) is 1. The molecular weight excluding hydrogens is 514 g/mol. The molecule has 0 heterocycles. The van der Waals surface area contributed by atoms with Crippen LogP contribution in [-0.2, 0) is 32.6 Å². The number of sulfonamides is 1. The van der Waals surface area contributed by atoms with E-state index in [9.17, 15) is 18.0 Å². The van der Waals surface area contributed by atoms with Crippen molar-refractivity contribution in [2.24, 2.45) is 0 Å². The molecule has 0 saturated heterocycles. The second kappa shape index (κ2) is 13.8. The number of hydrogen-bond donors (Lipinski definition) is 1. The smallest absolute Gasteiger partial charge is 0.264 e. The van der Waals surface area contributed by atoms with Crippen LogP contribution in [0.15, 0.2) is 83.8 Å². The molecule has 39 heavy (non-hydrogen) atoms. The van der Waals surface area contributed by atoms with Gasteiger partial charge in [0.2, 0.25) is 11.8 Å². The molecule has 1 N–H and O–H groups in total. The fourth-order valence-corrected chi connectivity index (χ4v) is 5.90. The molecule has 0 aromatic heterocycles. The van der Waals surface area contributed by atoms with Crippen molar-refractivity contribution in [2.45, 2.75) is 51.1 Å². The lowest BCUT2D eigenvalue weighted by molar-refractivity contribution is -0.140. The number of nitrogens with zero attached hydrogens (tertiary/aromatic N) is 2. The van der Waals surface area contributed by atoms with Crippen LogP contribution in [0.3, 0.4) is 0 Å². The summed E-state index contributed by atoms with van der Waals surface area (Å²) >= 11 is 0. The van der Waals surface area contributed by atoms with E-state index in [0.29, 0.717) is 30.8 Å². The molecule has 0 radical (unpaired) electrons. The molecule has 0 fully saturated rings. The Hall–Kier alpha value is -3.85. The van der Waals surface area contributed by atoms with E-state index in [4.69, 9.17) is 4.74 Å². The van der Waals surface area contributed by atoms with E-state index < -0.39 is 28.5 Å². The van der Waals surface area contributed by atoms with E-state index in [1.807, 2.05) is 45.0 Å². The van der Waals surface area contributed by atoms with Gasteiger partial charge in [0.05, 0.1) is 17.7 Å². The van der Waals surface area contributed by atoms with Gasteiger partial charge in [0.15, 0.2) is 0 Å². The van der Waals surface area contributed by atoms with Gasteiger partial charge in [0.1, 0.15) is 18.3 Å². The highest BCUT2D eigenvalue weighted by molar-refractivity contribution is 7.92. The van der Waals surface area contributed by atoms with Crippen molar-refractivity contribution >= 4 is 27.5 Å². The monoisotopic (exact) mass is 551 g/mol. The number of likely N-dealkylation sites (N-methyl/N-ethyl adjacent to an activating group) is 1. The largest absolute Gasteiger partial charge is 0.497 e.